The molecule has 0 aromatic carbocycles. The predicted octanol–water partition coefficient (Wildman–Crippen LogP) is 0.956. The molecule has 1 N–H and O–H groups in total. The van der Waals surface area contributed by atoms with Gasteiger partial charge in [0.2, 0.25) is 0 Å². The van der Waals surface area contributed by atoms with Crippen molar-refractivity contribution in [3.05, 3.63) is 0 Å². The molecule has 70 valence electrons. The number of aliphatic hydroxyl groups is 1. The molecule has 3 atom stereocenters. The molecule has 1 rings (SSSR count). The van der Waals surface area contributed by atoms with Crippen molar-refractivity contribution in [2.45, 2.75) is 32.3 Å². The molecule has 0 radical (unpaired) electrons. The Morgan fingerprint density at radius 1 is 1.58 bits per heavy atom. The fourth-order valence-corrected chi connectivity index (χ4v) is 1.81. The van der Waals surface area contributed by atoms with Crippen LogP contribution in [0.5, 0.6) is 0 Å². The fourth-order valence-electron chi connectivity index (χ4n) is 1.81. The summed E-state index contributed by atoms with van der Waals surface area (Å²) in [6.45, 7) is 1.99. The minimum absolute atomic E-state index is 0.166. The second-order valence-corrected chi connectivity index (χ2v) is 3.54. The van der Waals surface area contributed by atoms with E-state index in [9.17, 15) is 9.90 Å². The normalized spacial score (nSPS) is 35.1. The van der Waals surface area contributed by atoms with Gasteiger partial charge in [0.05, 0.1) is 13.2 Å². The van der Waals surface area contributed by atoms with Gasteiger partial charge in [-0.1, -0.05) is 6.92 Å². The Hall–Kier alpha value is -0.570. The second-order valence-electron chi connectivity index (χ2n) is 3.54. The van der Waals surface area contributed by atoms with Crippen molar-refractivity contribution in [1.82, 2.24) is 0 Å². The molecule has 3 nitrogen and oxygen atoms in total. The van der Waals surface area contributed by atoms with Gasteiger partial charge in [0.1, 0.15) is 0 Å². The third-order valence-corrected chi connectivity index (χ3v) is 2.84. The molecule has 1 aliphatic rings. The van der Waals surface area contributed by atoms with Crippen LogP contribution >= 0.6 is 0 Å². The Bertz CT molecular complexity index is 167. The highest BCUT2D eigenvalue weighted by atomic mass is 16.5. The Kier molecular flexibility index (Phi) is 3.09. The average Bonchev–Trinajstić information content (AvgIpc) is 2.36. The molecular weight excluding hydrogens is 156 g/mol. The van der Waals surface area contributed by atoms with Gasteiger partial charge in [0.15, 0.2) is 0 Å². The largest absolute Gasteiger partial charge is 0.469 e. The predicted molar refractivity (Wildman–Crippen MR) is 44.5 cm³/mol. The molecule has 1 aliphatic carbocycles. The maximum atomic E-state index is 10.9. The van der Waals surface area contributed by atoms with E-state index >= 15 is 0 Å². The third-order valence-electron chi connectivity index (χ3n) is 2.84. The number of methoxy groups -OCH3 is 1. The van der Waals surface area contributed by atoms with Crippen LogP contribution in [0.15, 0.2) is 0 Å². The second kappa shape index (κ2) is 3.90. The van der Waals surface area contributed by atoms with Crippen LogP contribution in [0.2, 0.25) is 0 Å². The zero-order valence-corrected chi connectivity index (χ0v) is 7.62. The molecule has 0 heterocycles. The van der Waals surface area contributed by atoms with Gasteiger partial charge in [-0.3, -0.25) is 4.79 Å². The fraction of sp³-hybridized carbons (Fsp3) is 0.889. The van der Waals surface area contributed by atoms with E-state index in [0.717, 1.165) is 12.8 Å². The standard InChI is InChI=1S/C9H16O3/c1-6-7(3-4-8(6)10)5-9(11)12-2/h6-8,10H,3-5H2,1-2H3. The zero-order valence-electron chi connectivity index (χ0n) is 7.62. The van der Waals surface area contributed by atoms with Crippen molar-refractivity contribution in [2.24, 2.45) is 11.8 Å². The molecule has 1 fully saturated rings. The van der Waals surface area contributed by atoms with Gasteiger partial charge >= 0.3 is 5.97 Å². The van der Waals surface area contributed by atoms with E-state index in [1.165, 1.54) is 7.11 Å². The van der Waals surface area contributed by atoms with Crippen molar-refractivity contribution < 1.29 is 14.6 Å². The topological polar surface area (TPSA) is 46.5 Å². The van der Waals surface area contributed by atoms with Gasteiger partial charge in [0.25, 0.3) is 0 Å². The molecular formula is C9H16O3. The van der Waals surface area contributed by atoms with Crippen LogP contribution in [-0.2, 0) is 9.53 Å². The van der Waals surface area contributed by atoms with Gasteiger partial charge in [-0.2, -0.15) is 0 Å². The van der Waals surface area contributed by atoms with Crippen LogP contribution < -0.4 is 0 Å². The lowest BCUT2D eigenvalue weighted by molar-refractivity contribution is -0.142. The third kappa shape index (κ3) is 1.97. The van der Waals surface area contributed by atoms with Crippen LogP contribution in [0.1, 0.15) is 26.2 Å². The van der Waals surface area contributed by atoms with Crippen molar-refractivity contribution in [3.63, 3.8) is 0 Å². The monoisotopic (exact) mass is 172 g/mol. The van der Waals surface area contributed by atoms with E-state index in [-0.39, 0.29) is 18.0 Å². The Morgan fingerprint density at radius 2 is 2.25 bits per heavy atom. The molecule has 0 aliphatic heterocycles. The van der Waals surface area contributed by atoms with Crippen LogP contribution in [0.4, 0.5) is 0 Å². The number of carbonyl (C=O) groups excluding carboxylic acids is 1. The molecule has 3 unspecified atom stereocenters. The van der Waals surface area contributed by atoms with E-state index < -0.39 is 0 Å². The first-order chi connectivity index (χ1) is 5.65. The summed E-state index contributed by atoms with van der Waals surface area (Å²) in [5.41, 5.74) is 0. The first-order valence-corrected chi connectivity index (χ1v) is 4.40. The molecule has 0 spiro atoms. The highest BCUT2D eigenvalue weighted by Gasteiger charge is 2.32. The lowest BCUT2D eigenvalue weighted by atomic mass is 9.94. The van der Waals surface area contributed by atoms with Gasteiger partial charge < -0.3 is 9.84 Å². The minimum atomic E-state index is -0.223. The Morgan fingerprint density at radius 3 is 2.67 bits per heavy atom. The van der Waals surface area contributed by atoms with Gasteiger partial charge in [-0.25, -0.2) is 0 Å². The summed E-state index contributed by atoms with van der Waals surface area (Å²) in [5, 5.41) is 9.40. The van der Waals surface area contributed by atoms with Crippen molar-refractivity contribution in [3.8, 4) is 0 Å². The molecule has 0 saturated heterocycles. The number of hydrogen-bond acceptors (Lipinski definition) is 3. The first-order valence-electron chi connectivity index (χ1n) is 4.40. The lowest BCUT2D eigenvalue weighted by Crippen LogP contribution is -2.18. The van der Waals surface area contributed by atoms with E-state index in [0.29, 0.717) is 12.3 Å². The molecule has 0 amide bonds. The van der Waals surface area contributed by atoms with Crippen LogP contribution in [0, 0.1) is 11.8 Å². The summed E-state index contributed by atoms with van der Waals surface area (Å²) in [7, 11) is 1.40. The quantitative estimate of drug-likeness (QED) is 0.631. The van der Waals surface area contributed by atoms with Crippen LogP contribution in [0.3, 0.4) is 0 Å². The number of rotatable bonds is 2. The van der Waals surface area contributed by atoms with Gasteiger partial charge in [0, 0.05) is 6.42 Å². The molecule has 1 saturated carbocycles. The SMILES string of the molecule is COC(=O)CC1CCC(O)C1C. The molecule has 12 heavy (non-hydrogen) atoms. The van der Waals surface area contributed by atoms with E-state index in [2.05, 4.69) is 4.74 Å². The summed E-state index contributed by atoms with van der Waals surface area (Å²) in [6.07, 6.45) is 1.99. The average molecular weight is 172 g/mol. The number of carbonyl (C=O) groups is 1. The maximum Gasteiger partial charge on any atom is 0.305 e. The molecule has 3 heteroatoms. The van der Waals surface area contributed by atoms with Crippen molar-refractivity contribution in [1.29, 1.82) is 0 Å². The first kappa shape index (κ1) is 9.52. The summed E-state index contributed by atoms with van der Waals surface area (Å²) < 4.78 is 4.58. The number of esters is 1. The highest BCUT2D eigenvalue weighted by molar-refractivity contribution is 5.69. The van der Waals surface area contributed by atoms with Crippen molar-refractivity contribution >= 4 is 5.97 Å². The summed E-state index contributed by atoms with van der Waals surface area (Å²) in [6, 6.07) is 0. The van der Waals surface area contributed by atoms with E-state index in [1.54, 1.807) is 0 Å². The Balaban J connectivity index is 2.38. The maximum absolute atomic E-state index is 10.9. The number of hydrogen-bond donors (Lipinski definition) is 1. The summed E-state index contributed by atoms with van der Waals surface area (Å²) in [4.78, 5) is 10.9. The molecule has 0 aromatic rings. The lowest BCUT2D eigenvalue weighted by Gasteiger charge is -2.15. The van der Waals surface area contributed by atoms with Gasteiger partial charge in [-0.05, 0) is 24.7 Å². The van der Waals surface area contributed by atoms with Crippen LogP contribution in [-0.4, -0.2) is 24.3 Å². The smallest absolute Gasteiger partial charge is 0.305 e. The Labute approximate surface area is 72.7 Å². The van der Waals surface area contributed by atoms with E-state index in [4.69, 9.17) is 0 Å². The van der Waals surface area contributed by atoms with Crippen molar-refractivity contribution in [2.75, 3.05) is 7.11 Å². The molecule has 0 aromatic heterocycles. The van der Waals surface area contributed by atoms with Gasteiger partial charge in [-0.15, -0.1) is 0 Å². The van der Waals surface area contributed by atoms with Crippen LogP contribution in [0.25, 0.3) is 0 Å². The summed E-state index contributed by atoms with van der Waals surface area (Å²) in [5.74, 6) is 0.387. The van der Waals surface area contributed by atoms with E-state index in [1.807, 2.05) is 6.92 Å². The highest BCUT2D eigenvalue weighted by Crippen LogP contribution is 2.33. The summed E-state index contributed by atoms with van der Waals surface area (Å²) >= 11 is 0. The number of ether oxygens (including phenoxy) is 1. The number of aliphatic hydroxyl groups excluding tert-OH is 1. The molecule has 0 bridgehead atoms. The minimum Gasteiger partial charge on any atom is -0.469 e. The zero-order chi connectivity index (χ0) is 9.14.